The fraction of sp³-hybridized carbons (Fsp3) is 0.357. The number of aromatic nitrogens is 1. The van der Waals surface area contributed by atoms with Crippen LogP contribution in [0.4, 0.5) is 14.5 Å². The Labute approximate surface area is 225 Å². The van der Waals surface area contributed by atoms with E-state index in [1.165, 1.54) is 10.6 Å². The van der Waals surface area contributed by atoms with Gasteiger partial charge in [0.05, 0.1) is 34.7 Å². The standard InChI is InChI=1S/C28H30F2N4O4S/c1-4-5-9-31-27(35)20-13-32-25-23-16(14-34(26(20)23)22-7-6-18(29)12-21(22)30)11-17(15-39(3,37)38)19-8-10-33(2)28(36)24(19)25/h6-8,10-12,14,20,26,32H,4-5,9,13,15H2,1-3H3,(H,31,35). The molecule has 0 radical (unpaired) electrons. The summed E-state index contributed by atoms with van der Waals surface area (Å²) in [6, 6.07) is 4.23. The number of nitrogens with one attached hydrogen (secondary N) is 2. The minimum Gasteiger partial charge on any atom is -0.383 e. The molecule has 1 aromatic heterocycles. The Morgan fingerprint density at radius 1 is 1.23 bits per heavy atom. The Morgan fingerprint density at radius 3 is 2.69 bits per heavy atom. The van der Waals surface area contributed by atoms with Gasteiger partial charge in [0.15, 0.2) is 9.84 Å². The molecule has 0 spiro atoms. The van der Waals surface area contributed by atoms with Gasteiger partial charge in [-0.15, -0.1) is 0 Å². The number of unbranched alkanes of at least 4 members (excludes halogenated alkanes) is 1. The molecule has 39 heavy (non-hydrogen) atoms. The van der Waals surface area contributed by atoms with Gasteiger partial charge in [-0.25, -0.2) is 17.2 Å². The van der Waals surface area contributed by atoms with Crippen LogP contribution in [0, 0.1) is 17.6 Å². The Bertz CT molecular complexity index is 1620. The first kappa shape index (κ1) is 26.9. The summed E-state index contributed by atoms with van der Waals surface area (Å²) in [6.45, 7) is 2.65. The van der Waals surface area contributed by atoms with E-state index >= 15 is 4.39 Å². The van der Waals surface area contributed by atoms with Gasteiger partial charge in [0.25, 0.3) is 5.56 Å². The number of carbonyl (C=O) groups is 1. The van der Waals surface area contributed by atoms with E-state index in [4.69, 9.17) is 0 Å². The fourth-order valence-corrected chi connectivity index (χ4v) is 6.33. The van der Waals surface area contributed by atoms with Gasteiger partial charge < -0.3 is 20.1 Å². The van der Waals surface area contributed by atoms with Crippen molar-refractivity contribution >= 4 is 32.7 Å². The van der Waals surface area contributed by atoms with Crippen LogP contribution in [-0.4, -0.2) is 50.0 Å². The molecule has 5 rings (SSSR count). The first-order valence-electron chi connectivity index (χ1n) is 12.8. The van der Waals surface area contributed by atoms with E-state index in [0.29, 0.717) is 40.1 Å². The summed E-state index contributed by atoms with van der Waals surface area (Å²) in [5.41, 5.74) is 2.55. The van der Waals surface area contributed by atoms with Crippen molar-refractivity contribution in [2.24, 2.45) is 13.0 Å². The molecule has 8 nitrogen and oxygen atoms in total. The van der Waals surface area contributed by atoms with Crippen molar-refractivity contribution in [1.29, 1.82) is 0 Å². The van der Waals surface area contributed by atoms with E-state index in [1.54, 1.807) is 36.5 Å². The summed E-state index contributed by atoms with van der Waals surface area (Å²) in [5, 5.41) is 6.24. The van der Waals surface area contributed by atoms with Gasteiger partial charge in [0, 0.05) is 50.4 Å². The highest BCUT2D eigenvalue weighted by Crippen LogP contribution is 2.46. The van der Waals surface area contributed by atoms with Crippen molar-refractivity contribution in [2.75, 3.05) is 30.0 Å². The number of pyridine rings is 1. The van der Waals surface area contributed by atoms with Gasteiger partial charge in [-0.05, 0) is 47.4 Å². The molecule has 1 amide bonds. The van der Waals surface area contributed by atoms with E-state index in [-0.39, 0.29) is 29.5 Å². The van der Waals surface area contributed by atoms with Crippen LogP contribution in [0.3, 0.4) is 0 Å². The Hall–Kier alpha value is -3.73. The Kier molecular flexibility index (Phi) is 6.96. The number of anilines is 1. The summed E-state index contributed by atoms with van der Waals surface area (Å²) in [7, 11) is -1.89. The maximum Gasteiger partial charge on any atom is 0.260 e. The number of aryl methyl sites for hydroxylation is 1. The molecule has 2 atom stereocenters. The van der Waals surface area contributed by atoms with Crippen molar-refractivity contribution in [3.8, 4) is 0 Å². The van der Waals surface area contributed by atoms with Crippen molar-refractivity contribution in [3.63, 3.8) is 0 Å². The molecule has 3 aliphatic rings. The zero-order valence-electron chi connectivity index (χ0n) is 21.9. The highest BCUT2D eigenvalue weighted by atomic mass is 32.2. The summed E-state index contributed by atoms with van der Waals surface area (Å²) < 4.78 is 55.1. The second-order valence-electron chi connectivity index (χ2n) is 10.2. The largest absolute Gasteiger partial charge is 0.383 e. The number of hydrogen-bond donors (Lipinski definition) is 2. The minimum atomic E-state index is -3.49. The minimum absolute atomic E-state index is 0.0707. The lowest BCUT2D eigenvalue weighted by Crippen LogP contribution is -2.52. The molecule has 2 N–H and O–H groups in total. The van der Waals surface area contributed by atoms with Crippen molar-refractivity contribution < 1.29 is 22.0 Å². The number of fused-ring (bicyclic) bond motifs is 2. The number of allylic oxidation sites excluding steroid dienone is 1. The predicted octanol–water partition coefficient (Wildman–Crippen LogP) is 2.72. The maximum absolute atomic E-state index is 15.1. The first-order chi connectivity index (χ1) is 18.5. The number of carbonyl (C=O) groups excluding carboxylic acids is 1. The van der Waals surface area contributed by atoms with Gasteiger partial charge in [-0.2, -0.15) is 0 Å². The SMILES string of the molecule is CCCCNC(=O)C1CNC2=C3C(=CN(c4ccc(F)cc4F)C31)C=C(CS(C)(=O)=O)c1ccn(C)c(=O)c12. The molecule has 0 bridgehead atoms. The Balaban J connectivity index is 1.75. The average Bonchev–Trinajstić information content (AvgIpc) is 3.17. The molecule has 3 heterocycles. The van der Waals surface area contributed by atoms with E-state index in [9.17, 15) is 22.4 Å². The topological polar surface area (TPSA) is 101 Å². The first-order valence-corrected chi connectivity index (χ1v) is 14.9. The van der Waals surface area contributed by atoms with Crippen LogP contribution in [0.15, 0.2) is 58.7 Å². The van der Waals surface area contributed by atoms with E-state index in [0.717, 1.165) is 31.2 Å². The third-order valence-electron chi connectivity index (χ3n) is 7.30. The van der Waals surface area contributed by atoms with Gasteiger partial charge in [-0.1, -0.05) is 13.3 Å². The highest BCUT2D eigenvalue weighted by molar-refractivity contribution is 7.91. The van der Waals surface area contributed by atoms with Crippen LogP contribution < -0.4 is 21.1 Å². The van der Waals surface area contributed by atoms with Crippen LogP contribution in [0.5, 0.6) is 0 Å². The molecule has 0 saturated carbocycles. The number of rotatable bonds is 7. The van der Waals surface area contributed by atoms with Crippen molar-refractivity contribution in [2.45, 2.75) is 25.8 Å². The molecular weight excluding hydrogens is 526 g/mol. The van der Waals surface area contributed by atoms with Gasteiger partial charge in [0.1, 0.15) is 11.6 Å². The molecule has 0 fully saturated rings. The smallest absolute Gasteiger partial charge is 0.260 e. The quantitative estimate of drug-likeness (QED) is 0.509. The van der Waals surface area contributed by atoms with E-state index in [2.05, 4.69) is 10.6 Å². The lowest BCUT2D eigenvalue weighted by Gasteiger charge is -2.38. The fourth-order valence-electron chi connectivity index (χ4n) is 5.52. The lowest BCUT2D eigenvalue weighted by atomic mass is 9.84. The third kappa shape index (κ3) is 4.91. The molecule has 11 heteroatoms. The molecular formula is C28H30F2N4O4S. The van der Waals surface area contributed by atoms with E-state index in [1.807, 2.05) is 6.92 Å². The highest BCUT2D eigenvalue weighted by Gasteiger charge is 2.46. The summed E-state index contributed by atoms with van der Waals surface area (Å²) in [5.74, 6) is -2.77. The number of amides is 1. The van der Waals surface area contributed by atoms with Crippen LogP contribution in [-0.2, 0) is 21.7 Å². The third-order valence-corrected chi connectivity index (χ3v) is 8.14. The van der Waals surface area contributed by atoms with Crippen LogP contribution >= 0.6 is 0 Å². The molecule has 2 aromatic rings. The molecule has 0 saturated heterocycles. The predicted molar refractivity (Wildman–Crippen MR) is 146 cm³/mol. The summed E-state index contributed by atoms with van der Waals surface area (Å²) in [4.78, 5) is 28.5. The van der Waals surface area contributed by atoms with Gasteiger partial charge >= 0.3 is 0 Å². The van der Waals surface area contributed by atoms with Gasteiger partial charge in [-0.3, -0.25) is 9.59 Å². The number of hydrogen-bond acceptors (Lipinski definition) is 6. The number of sulfone groups is 1. The molecule has 1 aliphatic carbocycles. The van der Waals surface area contributed by atoms with Crippen molar-refractivity contribution in [1.82, 2.24) is 15.2 Å². The molecule has 2 unspecified atom stereocenters. The number of halogens is 2. The zero-order chi connectivity index (χ0) is 28.1. The Morgan fingerprint density at radius 2 is 2.00 bits per heavy atom. The van der Waals surface area contributed by atoms with Crippen LogP contribution in [0.1, 0.15) is 30.9 Å². The van der Waals surface area contributed by atoms with Crippen molar-refractivity contribution in [3.05, 3.63) is 87.0 Å². The normalized spacial score (nSPS) is 20.0. The average molecular weight is 557 g/mol. The number of nitrogens with zero attached hydrogens (tertiary/aromatic N) is 2. The summed E-state index contributed by atoms with van der Waals surface area (Å²) >= 11 is 0. The second-order valence-corrected chi connectivity index (χ2v) is 12.4. The molecule has 1 aromatic carbocycles. The van der Waals surface area contributed by atoms with E-state index < -0.39 is 33.4 Å². The van der Waals surface area contributed by atoms with Crippen LogP contribution in [0.2, 0.25) is 0 Å². The molecule has 2 aliphatic heterocycles. The zero-order valence-corrected chi connectivity index (χ0v) is 22.7. The lowest BCUT2D eigenvalue weighted by molar-refractivity contribution is -0.125. The van der Waals surface area contributed by atoms with Crippen LogP contribution in [0.25, 0.3) is 11.3 Å². The number of benzene rings is 1. The second kappa shape index (κ2) is 10.1. The maximum atomic E-state index is 15.1. The molecule has 206 valence electrons. The monoisotopic (exact) mass is 556 g/mol. The summed E-state index contributed by atoms with van der Waals surface area (Å²) in [6.07, 6.45) is 7.74. The van der Waals surface area contributed by atoms with Gasteiger partial charge in [0.2, 0.25) is 5.91 Å².